The molecule has 2 saturated heterocycles. The van der Waals surface area contributed by atoms with Crippen molar-refractivity contribution in [1.82, 2.24) is 83.9 Å². The Bertz CT molecular complexity index is 6720. The van der Waals surface area contributed by atoms with Gasteiger partial charge in [0.1, 0.15) is 58.8 Å². The number of likely N-dealkylation sites (tertiary alicyclic amines) is 1. The molecule has 1 saturated carbocycles. The molecule has 716 valence electrons. The third-order valence-electron chi connectivity index (χ3n) is 24.2. The first kappa shape index (κ1) is 96.0. The number of ether oxygens (including phenoxy) is 10. The molecule has 1 unspecified atom stereocenters. The quantitative estimate of drug-likeness (QED) is 0.0361. The van der Waals surface area contributed by atoms with E-state index in [0.717, 1.165) is 236 Å². The highest BCUT2D eigenvalue weighted by Crippen LogP contribution is 2.43. The third kappa shape index (κ3) is 24.4. The van der Waals surface area contributed by atoms with Gasteiger partial charge in [-0.25, -0.2) is 24.6 Å². The van der Waals surface area contributed by atoms with Gasteiger partial charge < -0.3 is 77.0 Å². The van der Waals surface area contributed by atoms with Gasteiger partial charge in [-0.05, 0) is 150 Å². The molecule has 0 radical (unpaired) electrons. The molecular weight excluding hydrogens is 1750 g/mol. The zero-order valence-electron chi connectivity index (χ0n) is 80.3. The molecule has 0 bridgehead atoms. The summed E-state index contributed by atoms with van der Waals surface area (Å²) in [7, 11) is 17.2. The molecular formula is C105H119N21O12. The molecule has 1 atom stereocenters. The Morgan fingerprint density at radius 1 is 0.399 bits per heavy atom. The number of nitrogens with zero attached hydrogens (tertiary/aromatic N) is 21. The van der Waals surface area contributed by atoms with Gasteiger partial charge in [0.05, 0.1) is 186 Å². The zero-order chi connectivity index (χ0) is 96.0. The Labute approximate surface area is 802 Å². The fourth-order valence-electron chi connectivity index (χ4n) is 16.7. The summed E-state index contributed by atoms with van der Waals surface area (Å²) < 4.78 is 62.5. The van der Waals surface area contributed by atoms with Gasteiger partial charge in [0, 0.05) is 226 Å². The van der Waals surface area contributed by atoms with E-state index in [0.29, 0.717) is 42.1 Å². The summed E-state index contributed by atoms with van der Waals surface area (Å²) in [6.07, 6.45) is 34.1. The van der Waals surface area contributed by atoms with Crippen molar-refractivity contribution in [2.24, 2.45) is 27.1 Å². The van der Waals surface area contributed by atoms with Crippen LogP contribution >= 0.6 is 0 Å². The summed E-state index contributed by atoms with van der Waals surface area (Å²) in [6, 6.07) is 47.9. The number of fused-ring (bicyclic) bond motifs is 4. The number of piperidine rings is 1. The van der Waals surface area contributed by atoms with E-state index in [1.54, 1.807) is 108 Å². The number of hydrogen-bond donors (Lipinski definition) is 1. The molecule has 8 aromatic heterocycles. The Kier molecular flexibility index (Phi) is 32.0. The molecule has 1 aliphatic carbocycles. The molecule has 33 heteroatoms. The summed E-state index contributed by atoms with van der Waals surface area (Å²) in [5, 5.41) is 26.4. The second-order valence-corrected chi connectivity index (χ2v) is 33.9. The molecule has 3 fully saturated rings. The minimum atomic E-state index is -0.262. The summed E-state index contributed by atoms with van der Waals surface area (Å²) >= 11 is 0. The van der Waals surface area contributed by atoms with Crippen LogP contribution in [0.25, 0.3) is 89.2 Å². The van der Waals surface area contributed by atoms with E-state index in [2.05, 4.69) is 115 Å². The number of unbranched alkanes of at least 4 members (excludes halogenated alkanes) is 1. The fraction of sp³-hybridized carbons (Fsp3) is 0.343. The Balaban J connectivity index is 0.000000133. The number of esters is 1. The minimum Gasteiger partial charge on any atom is -0.497 e. The molecule has 33 nitrogen and oxygen atoms in total. The van der Waals surface area contributed by atoms with E-state index in [9.17, 15) is 4.79 Å². The second kappa shape index (κ2) is 46.0. The molecule has 16 aromatic rings. The van der Waals surface area contributed by atoms with Gasteiger partial charge in [0.2, 0.25) is 0 Å². The first-order valence-electron chi connectivity index (χ1n) is 46.7. The van der Waals surface area contributed by atoms with E-state index in [1.165, 1.54) is 32.1 Å². The van der Waals surface area contributed by atoms with E-state index in [4.69, 9.17) is 72.4 Å². The summed E-state index contributed by atoms with van der Waals surface area (Å²) in [5.74, 6) is 6.11. The van der Waals surface area contributed by atoms with E-state index in [-0.39, 0.29) is 31.8 Å². The van der Waals surface area contributed by atoms with Crippen molar-refractivity contribution in [2.75, 3.05) is 142 Å². The highest BCUT2D eigenvalue weighted by Gasteiger charge is 2.28. The number of aliphatic hydroxyl groups is 1. The van der Waals surface area contributed by atoms with Crippen LogP contribution in [0.4, 0.5) is 45.5 Å². The van der Waals surface area contributed by atoms with E-state index in [1.807, 2.05) is 165 Å². The summed E-state index contributed by atoms with van der Waals surface area (Å²) in [6.45, 7) is 11.6. The normalized spacial score (nSPS) is 13.6. The van der Waals surface area contributed by atoms with Crippen LogP contribution in [0.1, 0.15) is 90.7 Å². The second-order valence-electron chi connectivity index (χ2n) is 33.9. The van der Waals surface area contributed by atoms with Crippen LogP contribution in [0.5, 0.6) is 46.0 Å². The Morgan fingerprint density at radius 2 is 0.775 bits per heavy atom. The SMILES string of the molecule is CCCCN(c1cc(OC)cc(OC)c1)c1ccc2ncc(-c3cnn(C4CCCCO4)c3)nc2c1.CCOC(=O)CCN(c1cc(OC)cc(OC)c1)c1ccc2ncc(-c3cnn(C)c3)nc2c1.COc1cc(OC)cc(N(CCN2CCCCC2)c2ccc3ncc(-c4cnn(C)c4)nc3c2)c1.COc1cc(OCCO)cc(N(CC2CC2)c2ccc3ncc(-c4cnn(C)c4)nc3c2)c1. The van der Waals surface area contributed by atoms with Crippen LogP contribution < -0.4 is 57.5 Å². The summed E-state index contributed by atoms with van der Waals surface area (Å²) in [4.78, 5) is 61.6. The van der Waals surface area contributed by atoms with Gasteiger partial charge in [0.15, 0.2) is 0 Å². The number of aromatic nitrogens is 16. The van der Waals surface area contributed by atoms with Gasteiger partial charge in [0.25, 0.3) is 0 Å². The lowest BCUT2D eigenvalue weighted by Crippen LogP contribution is -2.36. The van der Waals surface area contributed by atoms with Crippen LogP contribution in [0.3, 0.4) is 0 Å². The Hall–Kier alpha value is -15.1. The van der Waals surface area contributed by atoms with Gasteiger partial charge in [-0.3, -0.25) is 38.8 Å². The van der Waals surface area contributed by atoms with Crippen molar-refractivity contribution in [3.8, 4) is 91.0 Å². The van der Waals surface area contributed by atoms with Crippen LogP contribution in [-0.2, 0) is 35.4 Å². The lowest BCUT2D eigenvalue weighted by molar-refractivity contribution is -0.142. The highest BCUT2D eigenvalue weighted by atomic mass is 16.5. The van der Waals surface area contributed by atoms with Crippen molar-refractivity contribution in [1.29, 1.82) is 0 Å². The molecule has 3 aliphatic rings. The molecule has 138 heavy (non-hydrogen) atoms. The smallest absolute Gasteiger partial charge is 0.307 e. The monoisotopic (exact) mass is 1870 g/mol. The number of hydrogen-bond acceptors (Lipinski definition) is 29. The molecule has 0 spiro atoms. The molecule has 19 rings (SSSR count). The zero-order valence-corrected chi connectivity index (χ0v) is 80.3. The number of rotatable bonds is 35. The number of benzene rings is 8. The number of aliphatic hydroxyl groups excluding tert-OH is 1. The maximum absolute atomic E-state index is 12.1. The Morgan fingerprint density at radius 3 is 1.14 bits per heavy atom. The molecule has 2 aliphatic heterocycles. The van der Waals surface area contributed by atoms with Crippen molar-refractivity contribution in [3.05, 3.63) is 220 Å². The average molecular weight is 1870 g/mol. The number of carbonyl (C=O) groups excluding carboxylic acids is 1. The maximum atomic E-state index is 12.1. The predicted octanol–water partition coefficient (Wildman–Crippen LogP) is 18.9. The van der Waals surface area contributed by atoms with Crippen LogP contribution in [0.2, 0.25) is 0 Å². The van der Waals surface area contributed by atoms with Gasteiger partial charge in [-0.15, -0.1) is 0 Å². The lowest BCUT2D eigenvalue weighted by atomic mass is 10.1. The third-order valence-corrected chi connectivity index (χ3v) is 24.2. The first-order valence-corrected chi connectivity index (χ1v) is 46.7. The van der Waals surface area contributed by atoms with Crippen molar-refractivity contribution < 1.29 is 57.3 Å². The highest BCUT2D eigenvalue weighted by molar-refractivity contribution is 5.88. The molecule has 0 amide bonds. The maximum Gasteiger partial charge on any atom is 0.307 e. The summed E-state index contributed by atoms with van der Waals surface area (Å²) in [5.41, 5.74) is 21.2. The molecule has 10 heterocycles. The standard InChI is InChI=1S/C28H33N5O3.C27H32N6O2.C25H27N5O4.C25H27N5O3/c1-4-5-11-32(22-13-23(34-2)16-24(14-22)35-3)21-9-10-25-26(15-21)31-27(18-29-25)20-17-30-33(19-20)28-8-6-7-12-36-28;1-31-19-20(17-29-31)27-18-28-25-8-7-21(15-26(25)30-27)33(12-11-32-9-5-4-6-10-32)22-13-23(34-2)16-24(14-22)35-3;1-5-34-25(31)8-9-30(19-10-20(32-3)13-21(11-19)33-4)18-6-7-22-23(12-18)28-24(15-26-22)17-14-27-29(2)16-17;1-29-16-18(13-27-29)25-14-26-23-6-5-19(11-24(23)28-25)30(15-17-3-4-17)20-9-21(32-2)12-22(10-20)33-8-7-31/h9-10,13-19,28H,4-8,11-12H2,1-3H3;7-8,13-19H,4-6,9-12H2,1-3H3;6-7,10-16H,5,8-9H2,1-4H3;5-6,9-14,16-17,31H,3-4,7-8,15H2,1-2H3. The van der Waals surface area contributed by atoms with Crippen molar-refractivity contribution >= 4 is 95.6 Å². The first-order chi connectivity index (χ1) is 67.4. The van der Waals surface area contributed by atoms with Crippen LogP contribution in [0, 0.1) is 5.92 Å². The average Bonchev–Trinajstić information content (AvgIpc) is 1.27. The van der Waals surface area contributed by atoms with Crippen LogP contribution in [-0.4, -0.2) is 217 Å². The van der Waals surface area contributed by atoms with Gasteiger partial charge in [-0.2, -0.15) is 20.4 Å². The van der Waals surface area contributed by atoms with Gasteiger partial charge >= 0.3 is 5.97 Å². The predicted molar refractivity (Wildman–Crippen MR) is 536 cm³/mol. The molecule has 8 aromatic carbocycles. The van der Waals surface area contributed by atoms with E-state index < -0.39 is 0 Å². The minimum absolute atomic E-state index is 0.000465. The fourth-order valence-corrected chi connectivity index (χ4v) is 16.7. The number of methoxy groups -OCH3 is 7. The number of carbonyl (C=O) groups is 1. The number of anilines is 8. The van der Waals surface area contributed by atoms with E-state index >= 15 is 0 Å². The van der Waals surface area contributed by atoms with Gasteiger partial charge in [-0.1, -0.05) is 19.8 Å². The topological polar surface area (TPSA) is 320 Å². The van der Waals surface area contributed by atoms with Crippen molar-refractivity contribution in [2.45, 2.75) is 90.7 Å². The molecule has 1 N–H and O–H groups in total. The largest absolute Gasteiger partial charge is 0.497 e. The number of aryl methyl sites for hydroxylation is 3. The van der Waals surface area contributed by atoms with Crippen molar-refractivity contribution in [3.63, 3.8) is 0 Å². The lowest BCUT2D eigenvalue weighted by Gasteiger charge is -2.31. The van der Waals surface area contributed by atoms with Crippen LogP contribution in [0.15, 0.2) is 220 Å².